The van der Waals surface area contributed by atoms with Crippen LogP contribution in [0.15, 0.2) is 39.5 Å². The maximum absolute atomic E-state index is 13.3. The fourth-order valence-electron chi connectivity index (χ4n) is 3.76. The predicted octanol–water partition coefficient (Wildman–Crippen LogP) is 1.09. The first-order valence-electron chi connectivity index (χ1n) is 10.3. The van der Waals surface area contributed by atoms with Gasteiger partial charge in [0.05, 0.1) is 20.3 Å². The SMILES string of the molecule is COc1cc2oc(-c3ccc(O)cc3)c(O)c(=O)c2c(O[C@@H]2O[C@@H](C)[C@H](O)[C@H](O)[C@H]2O)c1OC. The second-order valence-corrected chi connectivity index (χ2v) is 7.77. The number of rotatable bonds is 5. The molecule has 1 aromatic heterocycles. The highest BCUT2D eigenvalue weighted by atomic mass is 16.7. The van der Waals surface area contributed by atoms with Crippen molar-refractivity contribution in [1.82, 2.24) is 0 Å². The molecule has 1 aliphatic rings. The summed E-state index contributed by atoms with van der Waals surface area (Å²) in [6, 6.07) is 7.01. The summed E-state index contributed by atoms with van der Waals surface area (Å²) in [4.78, 5) is 13.3. The minimum absolute atomic E-state index is 0.0129. The van der Waals surface area contributed by atoms with Crippen molar-refractivity contribution in [1.29, 1.82) is 0 Å². The molecule has 0 radical (unpaired) electrons. The summed E-state index contributed by atoms with van der Waals surface area (Å²) in [5.41, 5.74) is -0.597. The molecule has 5 N–H and O–H groups in total. The van der Waals surface area contributed by atoms with Gasteiger partial charge in [-0.3, -0.25) is 4.79 Å². The maximum Gasteiger partial charge on any atom is 0.238 e. The Hall–Kier alpha value is -3.51. The molecule has 11 heteroatoms. The van der Waals surface area contributed by atoms with E-state index in [1.165, 1.54) is 51.5 Å². The fraction of sp³-hybridized carbons (Fsp3) is 0.348. The third-order valence-corrected chi connectivity index (χ3v) is 5.63. The second-order valence-electron chi connectivity index (χ2n) is 7.77. The van der Waals surface area contributed by atoms with Gasteiger partial charge < -0.3 is 48.9 Å². The smallest absolute Gasteiger partial charge is 0.238 e. The van der Waals surface area contributed by atoms with Crippen molar-refractivity contribution >= 4 is 11.0 Å². The molecule has 4 rings (SSSR count). The highest BCUT2D eigenvalue weighted by molar-refractivity contribution is 5.91. The lowest BCUT2D eigenvalue weighted by molar-refractivity contribution is -0.268. The van der Waals surface area contributed by atoms with Crippen LogP contribution in [-0.2, 0) is 4.74 Å². The molecule has 2 aromatic carbocycles. The summed E-state index contributed by atoms with van der Waals surface area (Å²) in [5.74, 6) is -1.11. The van der Waals surface area contributed by atoms with Crippen LogP contribution in [0.1, 0.15) is 6.92 Å². The van der Waals surface area contributed by atoms with Gasteiger partial charge in [0.15, 0.2) is 17.3 Å². The van der Waals surface area contributed by atoms with E-state index >= 15 is 0 Å². The number of ether oxygens (including phenoxy) is 4. The molecule has 1 fully saturated rings. The van der Waals surface area contributed by atoms with Gasteiger partial charge in [-0.15, -0.1) is 0 Å². The number of fused-ring (bicyclic) bond motifs is 1. The molecular weight excluding hydrogens is 452 g/mol. The minimum atomic E-state index is -1.67. The van der Waals surface area contributed by atoms with Crippen LogP contribution >= 0.6 is 0 Å². The van der Waals surface area contributed by atoms with E-state index in [4.69, 9.17) is 23.4 Å². The fourth-order valence-corrected chi connectivity index (χ4v) is 3.76. The molecule has 5 atom stereocenters. The molecule has 3 aromatic rings. The van der Waals surface area contributed by atoms with Crippen molar-refractivity contribution in [2.75, 3.05) is 14.2 Å². The highest BCUT2D eigenvalue weighted by Crippen LogP contribution is 2.45. The third-order valence-electron chi connectivity index (χ3n) is 5.63. The molecule has 1 saturated heterocycles. The Morgan fingerprint density at radius 2 is 1.59 bits per heavy atom. The van der Waals surface area contributed by atoms with E-state index in [9.17, 15) is 30.3 Å². The monoisotopic (exact) mass is 476 g/mol. The molecule has 0 spiro atoms. The van der Waals surface area contributed by atoms with E-state index in [0.29, 0.717) is 5.56 Å². The molecule has 2 heterocycles. The Morgan fingerprint density at radius 3 is 2.21 bits per heavy atom. The zero-order valence-corrected chi connectivity index (χ0v) is 18.5. The Balaban J connectivity index is 1.92. The Labute approximate surface area is 192 Å². The van der Waals surface area contributed by atoms with Crippen molar-refractivity contribution in [2.24, 2.45) is 0 Å². The largest absolute Gasteiger partial charge is 0.508 e. The summed E-state index contributed by atoms with van der Waals surface area (Å²) >= 11 is 0. The number of aliphatic hydroxyl groups is 3. The first kappa shape index (κ1) is 23.6. The van der Waals surface area contributed by atoms with Crippen LogP contribution in [0.25, 0.3) is 22.3 Å². The molecule has 11 nitrogen and oxygen atoms in total. The van der Waals surface area contributed by atoms with Crippen molar-refractivity contribution in [3.05, 3.63) is 40.6 Å². The van der Waals surface area contributed by atoms with E-state index in [-0.39, 0.29) is 39.7 Å². The van der Waals surface area contributed by atoms with E-state index in [0.717, 1.165) is 0 Å². The molecule has 0 saturated carbocycles. The second kappa shape index (κ2) is 9.03. The number of phenols is 1. The van der Waals surface area contributed by atoms with E-state index < -0.39 is 41.9 Å². The van der Waals surface area contributed by atoms with Crippen LogP contribution in [0.3, 0.4) is 0 Å². The predicted molar refractivity (Wildman–Crippen MR) is 117 cm³/mol. The highest BCUT2D eigenvalue weighted by Gasteiger charge is 2.44. The quantitative estimate of drug-likeness (QED) is 0.357. The van der Waals surface area contributed by atoms with Gasteiger partial charge >= 0.3 is 0 Å². The van der Waals surface area contributed by atoms with Crippen LogP contribution in [0.5, 0.6) is 28.7 Å². The average Bonchev–Trinajstić information content (AvgIpc) is 2.83. The molecule has 182 valence electrons. The van der Waals surface area contributed by atoms with Gasteiger partial charge in [0.25, 0.3) is 0 Å². The molecule has 34 heavy (non-hydrogen) atoms. The molecular formula is C23H24O11. The average molecular weight is 476 g/mol. The molecule has 0 unspecified atom stereocenters. The first-order valence-corrected chi connectivity index (χ1v) is 10.3. The number of aromatic hydroxyl groups is 2. The van der Waals surface area contributed by atoms with Crippen molar-refractivity contribution in [3.8, 4) is 40.1 Å². The van der Waals surface area contributed by atoms with E-state index in [2.05, 4.69) is 0 Å². The van der Waals surface area contributed by atoms with Gasteiger partial charge in [-0.2, -0.15) is 0 Å². The van der Waals surface area contributed by atoms with Crippen LogP contribution in [0, 0.1) is 0 Å². The lowest BCUT2D eigenvalue weighted by atomic mass is 10.00. The molecule has 1 aliphatic heterocycles. The number of hydrogen-bond donors (Lipinski definition) is 5. The Kier molecular flexibility index (Phi) is 6.28. The number of phenolic OH excluding ortho intramolecular Hbond substituents is 1. The van der Waals surface area contributed by atoms with Gasteiger partial charge in [-0.1, -0.05) is 0 Å². The van der Waals surface area contributed by atoms with Gasteiger partial charge in [-0.25, -0.2) is 0 Å². The first-order chi connectivity index (χ1) is 16.2. The zero-order valence-electron chi connectivity index (χ0n) is 18.5. The van der Waals surface area contributed by atoms with Crippen LogP contribution in [-0.4, -0.2) is 70.5 Å². The van der Waals surface area contributed by atoms with Crippen LogP contribution in [0.4, 0.5) is 0 Å². The zero-order chi connectivity index (χ0) is 24.7. The summed E-state index contributed by atoms with van der Waals surface area (Å²) in [6.45, 7) is 1.47. The van der Waals surface area contributed by atoms with Gasteiger partial charge in [0.2, 0.25) is 23.2 Å². The summed E-state index contributed by atoms with van der Waals surface area (Å²) < 4.78 is 27.8. The minimum Gasteiger partial charge on any atom is -0.508 e. The standard InChI is InChI=1S/C23H24O11/c1-9-15(25)17(27)19(29)23(32-9)34-22-14-12(8-13(30-2)21(22)31-3)33-20(18(28)16(14)26)10-4-6-11(24)7-5-10/h4-9,15,17,19,23-25,27-29H,1-3H3/t9-,15-,17-,19+,23-/m0/s1. The topological polar surface area (TPSA) is 168 Å². The number of methoxy groups -OCH3 is 2. The maximum atomic E-state index is 13.3. The molecule has 0 bridgehead atoms. The van der Waals surface area contributed by atoms with Gasteiger partial charge in [0, 0.05) is 11.6 Å². The molecule has 0 aliphatic carbocycles. The van der Waals surface area contributed by atoms with E-state index in [1.54, 1.807) is 0 Å². The number of hydrogen-bond acceptors (Lipinski definition) is 11. The number of aliphatic hydroxyl groups excluding tert-OH is 3. The van der Waals surface area contributed by atoms with Crippen molar-refractivity contribution in [2.45, 2.75) is 37.6 Å². The van der Waals surface area contributed by atoms with Crippen LogP contribution < -0.4 is 19.6 Å². The summed E-state index contributed by atoms with van der Waals surface area (Å²) in [7, 11) is 2.64. The van der Waals surface area contributed by atoms with Crippen molar-refractivity contribution < 1.29 is 48.9 Å². The van der Waals surface area contributed by atoms with Gasteiger partial charge in [0.1, 0.15) is 35.0 Å². The third kappa shape index (κ3) is 3.88. The lowest BCUT2D eigenvalue weighted by Crippen LogP contribution is -2.58. The Morgan fingerprint density at radius 1 is 0.912 bits per heavy atom. The number of benzene rings is 2. The summed E-state index contributed by atoms with van der Waals surface area (Å²) in [6.07, 6.45) is -7.02. The van der Waals surface area contributed by atoms with E-state index in [1.807, 2.05) is 0 Å². The van der Waals surface area contributed by atoms with Crippen LogP contribution in [0.2, 0.25) is 0 Å². The Bertz CT molecular complexity index is 1250. The lowest BCUT2D eigenvalue weighted by Gasteiger charge is -2.39. The van der Waals surface area contributed by atoms with Gasteiger partial charge in [-0.05, 0) is 31.2 Å². The molecule has 0 amide bonds. The normalized spacial score (nSPS) is 24.7. The van der Waals surface area contributed by atoms with Crippen molar-refractivity contribution in [3.63, 3.8) is 0 Å². The summed E-state index contributed by atoms with van der Waals surface area (Å²) in [5, 5.41) is 50.4.